The summed E-state index contributed by atoms with van der Waals surface area (Å²) in [6, 6.07) is 7.99. The zero-order valence-electron chi connectivity index (χ0n) is 16.9. The molecule has 4 rings (SSSR count). The molecule has 2 aliphatic rings. The van der Waals surface area contributed by atoms with Crippen molar-refractivity contribution in [3.05, 3.63) is 58.6 Å². The highest BCUT2D eigenvalue weighted by Crippen LogP contribution is 2.55. The van der Waals surface area contributed by atoms with Gasteiger partial charge in [0.05, 0.1) is 17.1 Å². The lowest BCUT2D eigenvalue weighted by Gasteiger charge is -2.43. The molecule has 1 aliphatic heterocycles. The van der Waals surface area contributed by atoms with Crippen LogP contribution in [0.5, 0.6) is 5.75 Å². The first-order valence-electron chi connectivity index (χ1n) is 9.96. The van der Waals surface area contributed by atoms with E-state index in [4.69, 9.17) is 16.3 Å². The minimum Gasteiger partial charge on any atom is -0.490 e. The number of halogens is 3. The largest absolute Gasteiger partial charge is 0.490 e. The van der Waals surface area contributed by atoms with Gasteiger partial charge in [0.25, 0.3) is 0 Å². The molecule has 0 amide bonds. The Kier molecular flexibility index (Phi) is 5.58. The summed E-state index contributed by atoms with van der Waals surface area (Å²) in [5.41, 5.74) is -0.173. The van der Waals surface area contributed by atoms with E-state index in [1.54, 1.807) is 0 Å². The second-order valence-corrected chi connectivity index (χ2v) is 11.0. The lowest BCUT2D eigenvalue weighted by Crippen LogP contribution is -2.48. The molecular formula is C22H24ClF2NO3S. The van der Waals surface area contributed by atoms with Crippen LogP contribution in [-0.4, -0.2) is 40.1 Å². The molecule has 0 bridgehead atoms. The summed E-state index contributed by atoms with van der Waals surface area (Å²) in [6.07, 6.45) is 2.02. The van der Waals surface area contributed by atoms with Crippen molar-refractivity contribution in [1.82, 2.24) is 4.90 Å². The first-order valence-corrected chi connectivity index (χ1v) is 11.8. The molecule has 1 fully saturated rings. The second kappa shape index (κ2) is 7.77. The van der Waals surface area contributed by atoms with Crippen LogP contribution in [-0.2, 0) is 14.6 Å². The maximum Gasteiger partial charge on any atom is 0.188 e. The monoisotopic (exact) mass is 455 g/mol. The van der Waals surface area contributed by atoms with Crippen molar-refractivity contribution in [2.24, 2.45) is 5.92 Å². The minimum absolute atomic E-state index is 0.0281. The van der Waals surface area contributed by atoms with Gasteiger partial charge in [-0.2, -0.15) is 0 Å². The Hall–Kier alpha value is -1.70. The molecule has 30 heavy (non-hydrogen) atoms. The van der Waals surface area contributed by atoms with Gasteiger partial charge in [0.15, 0.2) is 21.4 Å². The number of fused-ring (bicyclic) bond motifs is 3. The van der Waals surface area contributed by atoms with E-state index in [1.807, 2.05) is 14.1 Å². The van der Waals surface area contributed by atoms with Crippen LogP contribution in [0.2, 0.25) is 5.02 Å². The SMILES string of the molecule is CN(C)[C@@H]1CCC2COc3c(F)ccc(F)c3[C@@]2(S(=O)(=O)c2ccc(Cl)cc2)CC1. The van der Waals surface area contributed by atoms with Crippen LogP contribution in [0.4, 0.5) is 8.78 Å². The van der Waals surface area contributed by atoms with Crippen molar-refractivity contribution in [2.45, 2.75) is 41.4 Å². The number of hydrogen-bond acceptors (Lipinski definition) is 4. The van der Waals surface area contributed by atoms with Gasteiger partial charge in [-0.1, -0.05) is 11.6 Å². The predicted molar refractivity (Wildman–Crippen MR) is 112 cm³/mol. The van der Waals surface area contributed by atoms with Crippen LogP contribution in [0.3, 0.4) is 0 Å². The topological polar surface area (TPSA) is 46.6 Å². The van der Waals surface area contributed by atoms with Gasteiger partial charge in [-0.3, -0.25) is 0 Å². The van der Waals surface area contributed by atoms with Crippen LogP contribution < -0.4 is 4.74 Å². The summed E-state index contributed by atoms with van der Waals surface area (Å²) >= 11 is 5.96. The normalized spacial score (nSPS) is 26.5. The zero-order valence-corrected chi connectivity index (χ0v) is 18.4. The summed E-state index contributed by atoms with van der Waals surface area (Å²) in [5, 5.41) is 0.404. The molecule has 1 heterocycles. The summed E-state index contributed by atoms with van der Waals surface area (Å²) in [5.74, 6) is -2.28. The first kappa shape index (κ1) is 21.5. The van der Waals surface area contributed by atoms with E-state index in [0.717, 1.165) is 18.6 Å². The Morgan fingerprint density at radius 2 is 1.70 bits per heavy atom. The zero-order chi connectivity index (χ0) is 21.7. The van der Waals surface area contributed by atoms with Gasteiger partial charge in [-0.15, -0.1) is 0 Å². The Morgan fingerprint density at radius 3 is 2.37 bits per heavy atom. The van der Waals surface area contributed by atoms with Crippen LogP contribution in [0, 0.1) is 17.6 Å². The highest BCUT2D eigenvalue weighted by Gasteiger charge is 2.58. The fourth-order valence-electron chi connectivity index (χ4n) is 4.98. The molecule has 4 nitrogen and oxygen atoms in total. The first-order chi connectivity index (χ1) is 14.2. The number of nitrogens with zero attached hydrogens (tertiary/aromatic N) is 1. The van der Waals surface area contributed by atoms with E-state index in [9.17, 15) is 12.8 Å². The molecule has 8 heteroatoms. The smallest absolute Gasteiger partial charge is 0.188 e. The fourth-order valence-corrected chi connectivity index (χ4v) is 7.50. The van der Waals surface area contributed by atoms with E-state index >= 15 is 4.39 Å². The van der Waals surface area contributed by atoms with Crippen molar-refractivity contribution >= 4 is 21.4 Å². The van der Waals surface area contributed by atoms with Gasteiger partial charge in [-0.05, 0) is 76.2 Å². The maximum absolute atomic E-state index is 15.2. The van der Waals surface area contributed by atoms with Gasteiger partial charge in [0, 0.05) is 17.0 Å². The van der Waals surface area contributed by atoms with E-state index in [2.05, 4.69) is 4.90 Å². The molecule has 0 spiro atoms. The van der Waals surface area contributed by atoms with Crippen LogP contribution in [0.1, 0.15) is 31.2 Å². The molecular weight excluding hydrogens is 432 g/mol. The van der Waals surface area contributed by atoms with Crippen LogP contribution in [0.25, 0.3) is 0 Å². The number of hydrogen-bond donors (Lipinski definition) is 0. The summed E-state index contributed by atoms with van der Waals surface area (Å²) < 4.78 is 62.1. The third-order valence-corrected chi connectivity index (χ3v) is 9.45. The van der Waals surface area contributed by atoms with Crippen molar-refractivity contribution in [1.29, 1.82) is 0 Å². The van der Waals surface area contributed by atoms with Gasteiger partial charge in [0.1, 0.15) is 10.6 Å². The van der Waals surface area contributed by atoms with Gasteiger partial charge in [-0.25, -0.2) is 17.2 Å². The van der Waals surface area contributed by atoms with E-state index < -0.39 is 32.1 Å². The highest BCUT2D eigenvalue weighted by molar-refractivity contribution is 7.92. The van der Waals surface area contributed by atoms with Crippen molar-refractivity contribution < 1.29 is 21.9 Å². The summed E-state index contributed by atoms with van der Waals surface area (Å²) in [4.78, 5) is 2.11. The highest BCUT2D eigenvalue weighted by atomic mass is 35.5. The molecule has 0 aromatic heterocycles. The van der Waals surface area contributed by atoms with E-state index in [0.29, 0.717) is 17.9 Å². The molecule has 0 N–H and O–H groups in total. The lowest BCUT2D eigenvalue weighted by molar-refractivity contribution is 0.152. The Bertz CT molecular complexity index is 1060. The van der Waals surface area contributed by atoms with Crippen LogP contribution in [0.15, 0.2) is 41.3 Å². The van der Waals surface area contributed by atoms with Crippen LogP contribution >= 0.6 is 11.6 Å². The molecule has 2 aromatic rings. The molecule has 1 saturated carbocycles. The summed E-state index contributed by atoms with van der Waals surface area (Å²) in [7, 11) is -0.191. The third kappa shape index (κ3) is 3.22. The van der Waals surface area contributed by atoms with Gasteiger partial charge < -0.3 is 9.64 Å². The van der Waals surface area contributed by atoms with E-state index in [-0.39, 0.29) is 35.3 Å². The van der Waals surface area contributed by atoms with Crippen molar-refractivity contribution in [3.8, 4) is 5.75 Å². The van der Waals surface area contributed by atoms with Crippen molar-refractivity contribution in [2.75, 3.05) is 20.7 Å². The molecule has 0 saturated heterocycles. The average Bonchev–Trinajstić information content (AvgIpc) is 2.92. The number of benzene rings is 2. The van der Waals surface area contributed by atoms with Crippen molar-refractivity contribution in [3.63, 3.8) is 0 Å². The number of rotatable bonds is 3. The lowest BCUT2D eigenvalue weighted by atomic mass is 9.79. The molecule has 2 aromatic carbocycles. The molecule has 3 atom stereocenters. The fraction of sp³-hybridized carbons (Fsp3) is 0.455. The number of sulfone groups is 1. The quantitative estimate of drug-likeness (QED) is 0.667. The van der Waals surface area contributed by atoms with E-state index in [1.165, 1.54) is 24.3 Å². The standard InChI is InChI=1S/C22H24ClF2NO3S/c1-26(2)16-6-3-14-13-29-21-19(25)10-9-18(24)20(21)22(14,12-11-16)30(27,28)17-7-4-15(23)5-8-17/h4-5,7-10,14,16H,3,6,11-13H2,1-2H3/t14?,16-,22-/m1/s1. The molecule has 1 unspecified atom stereocenters. The van der Waals surface area contributed by atoms with Gasteiger partial charge >= 0.3 is 0 Å². The Morgan fingerprint density at radius 1 is 1.03 bits per heavy atom. The minimum atomic E-state index is -4.09. The molecule has 1 aliphatic carbocycles. The second-order valence-electron chi connectivity index (χ2n) is 8.32. The maximum atomic E-state index is 15.2. The summed E-state index contributed by atoms with van der Waals surface area (Å²) in [6.45, 7) is 0.0281. The Labute approximate surface area is 180 Å². The predicted octanol–water partition coefficient (Wildman–Crippen LogP) is 4.80. The third-order valence-electron chi connectivity index (χ3n) is 6.60. The van der Waals surface area contributed by atoms with Gasteiger partial charge in [0.2, 0.25) is 0 Å². The molecule has 162 valence electrons. The molecule has 0 radical (unpaired) electrons. The Balaban J connectivity index is 1.99. The number of ether oxygens (including phenoxy) is 1. The average molecular weight is 456 g/mol.